The normalized spacial score (nSPS) is 11.6. The zero-order valence-electron chi connectivity index (χ0n) is 27.1. The monoisotopic (exact) mass is 638 g/mol. The van der Waals surface area contributed by atoms with Crippen molar-refractivity contribution in [3.05, 3.63) is 182 Å². The van der Waals surface area contributed by atoms with Gasteiger partial charge in [-0.05, 0) is 54.6 Å². The third-order valence-electron chi connectivity index (χ3n) is 9.71. The Kier molecular flexibility index (Phi) is 6.46. The zero-order valence-corrected chi connectivity index (χ0v) is 27.1. The summed E-state index contributed by atoms with van der Waals surface area (Å²) in [6, 6.07) is 64.2. The molecule has 0 fully saturated rings. The van der Waals surface area contributed by atoms with Gasteiger partial charge in [0.1, 0.15) is 0 Å². The van der Waals surface area contributed by atoms with Gasteiger partial charge >= 0.3 is 0 Å². The number of hydrogen-bond acceptors (Lipinski definition) is 2. The van der Waals surface area contributed by atoms with Crippen LogP contribution in [0.1, 0.15) is 0 Å². The Morgan fingerprint density at radius 1 is 0.320 bits per heavy atom. The predicted molar refractivity (Wildman–Crippen MR) is 207 cm³/mol. The third-order valence-corrected chi connectivity index (χ3v) is 9.71. The first-order valence-electron chi connectivity index (χ1n) is 16.9. The van der Waals surface area contributed by atoms with Crippen LogP contribution < -0.4 is 0 Å². The molecule has 10 aromatic rings. The first-order valence-corrected chi connectivity index (χ1v) is 16.9. The molecule has 0 aliphatic carbocycles. The number of para-hydroxylation sites is 3. The fraction of sp³-hybridized carbons (Fsp3) is 0. The number of nitrogens with zero attached hydrogens (tertiary/aromatic N) is 4. The van der Waals surface area contributed by atoms with Gasteiger partial charge in [0.2, 0.25) is 0 Å². The maximum Gasteiger partial charge on any atom is 0.160 e. The Labute approximate surface area is 289 Å². The molecule has 3 aromatic heterocycles. The van der Waals surface area contributed by atoms with E-state index in [0.717, 1.165) is 50.4 Å². The Hall–Kier alpha value is -6.78. The molecule has 0 amide bonds. The molecule has 4 heteroatoms. The van der Waals surface area contributed by atoms with Crippen LogP contribution in [0.3, 0.4) is 0 Å². The summed E-state index contributed by atoms with van der Waals surface area (Å²) < 4.78 is 4.84. The summed E-state index contributed by atoms with van der Waals surface area (Å²) in [7, 11) is 0. The number of hydrogen-bond donors (Lipinski definition) is 0. The first-order chi connectivity index (χ1) is 24.8. The second-order valence-corrected chi connectivity index (χ2v) is 12.6. The van der Waals surface area contributed by atoms with Gasteiger partial charge in [-0.25, -0.2) is 9.97 Å². The Morgan fingerprint density at radius 3 is 1.34 bits per heavy atom. The van der Waals surface area contributed by atoms with E-state index in [0.29, 0.717) is 5.82 Å². The molecule has 0 aliphatic heterocycles. The van der Waals surface area contributed by atoms with E-state index in [1.165, 1.54) is 32.7 Å². The van der Waals surface area contributed by atoms with Gasteiger partial charge in [0.25, 0.3) is 0 Å². The van der Waals surface area contributed by atoms with Crippen LogP contribution in [0.2, 0.25) is 0 Å². The molecule has 7 aromatic carbocycles. The van der Waals surface area contributed by atoms with Gasteiger partial charge in [-0.1, -0.05) is 127 Å². The van der Waals surface area contributed by atoms with E-state index in [1.54, 1.807) is 0 Å². The number of benzene rings is 7. The van der Waals surface area contributed by atoms with Crippen LogP contribution >= 0.6 is 0 Å². The highest BCUT2D eigenvalue weighted by atomic mass is 15.0. The van der Waals surface area contributed by atoms with Crippen molar-refractivity contribution >= 4 is 43.6 Å². The van der Waals surface area contributed by atoms with Gasteiger partial charge in [-0.2, -0.15) is 0 Å². The predicted octanol–water partition coefficient (Wildman–Crippen LogP) is 11.7. The molecule has 0 saturated carbocycles. The maximum atomic E-state index is 5.16. The van der Waals surface area contributed by atoms with E-state index in [9.17, 15) is 0 Å². The lowest BCUT2D eigenvalue weighted by molar-refractivity contribution is 1.15. The lowest BCUT2D eigenvalue weighted by Crippen LogP contribution is -1.98. The van der Waals surface area contributed by atoms with Gasteiger partial charge in [0.05, 0.1) is 33.5 Å². The van der Waals surface area contributed by atoms with Crippen LogP contribution in [0, 0.1) is 0 Å². The highest BCUT2D eigenvalue weighted by Crippen LogP contribution is 2.42. The minimum absolute atomic E-state index is 0.701. The molecule has 4 nitrogen and oxygen atoms in total. The van der Waals surface area contributed by atoms with Crippen molar-refractivity contribution in [2.24, 2.45) is 0 Å². The summed E-state index contributed by atoms with van der Waals surface area (Å²) in [5.41, 5.74) is 11.8. The van der Waals surface area contributed by atoms with Gasteiger partial charge in [0, 0.05) is 49.6 Å². The Balaban J connectivity index is 1.30. The second kappa shape index (κ2) is 11.4. The van der Waals surface area contributed by atoms with E-state index in [2.05, 4.69) is 179 Å². The molecular weight excluding hydrogens is 609 g/mol. The molecule has 0 unspecified atom stereocenters. The molecule has 0 saturated heterocycles. The van der Waals surface area contributed by atoms with E-state index >= 15 is 0 Å². The minimum atomic E-state index is 0.701. The van der Waals surface area contributed by atoms with Gasteiger partial charge < -0.3 is 9.13 Å². The molecule has 0 spiro atoms. The number of fused-ring (bicyclic) bond motifs is 7. The highest BCUT2D eigenvalue weighted by molar-refractivity contribution is 6.24. The van der Waals surface area contributed by atoms with Crippen molar-refractivity contribution in [1.29, 1.82) is 0 Å². The quantitative estimate of drug-likeness (QED) is 0.188. The van der Waals surface area contributed by atoms with Crippen LogP contribution in [0.15, 0.2) is 182 Å². The van der Waals surface area contributed by atoms with Gasteiger partial charge in [-0.15, -0.1) is 0 Å². The summed E-state index contributed by atoms with van der Waals surface area (Å²) >= 11 is 0. The summed E-state index contributed by atoms with van der Waals surface area (Å²) in [5, 5.41) is 4.80. The fourth-order valence-corrected chi connectivity index (χ4v) is 7.47. The molecule has 10 rings (SSSR count). The Bertz CT molecular complexity index is 2780. The van der Waals surface area contributed by atoms with Crippen molar-refractivity contribution in [3.8, 4) is 45.3 Å². The van der Waals surface area contributed by atoms with Crippen LogP contribution in [0.4, 0.5) is 0 Å². The molecule has 0 N–H and O–H groups in total. The number of aromatic nitrogens is 4. The van der Waals surface area contributed by atoms with Crippen molar-refractivity contribution in [1.82, 2.24) is 19.1 Å². The summed E-state index contributed by atoms with van der Waals surface area (Å²) in [4.78, 5) is 10.3. The Morgan fingerprint density at radius 2 is 0.780 bits per heavy atom. The van der Waals surface area contributed by atoms with Crippen molar-refractivity contribution in [2.45, 2.75) is 0 Å². The lowest BCUT2D eigenvalue weighted by atomic mass is 10.0. The summed E-state index contributed by atoms with van der Waals surface area (Å²) in [6.45, 7) is 0. The van der Waals surface area contributed by atoms with E-state index in [1.807, 2.05) is 12.1 Å². The fourth-order valence-electron chi connectivity index (χ4n) is 7.47. The smallest absolute Gasteiger partial charge is 0.160 e. The molecular formula is C46H30N4. The van der Waals surface area contributed by atoms with Crippen LogP contribution in [0.5, 0.6) is 0 Å². The topological polar surface area (TPSA) is 35.6 Å². The summed E-state index contributed by atoms with van der Waals surface area (Å²) in [6.07, 6.45) is 0. The molecule has 50 heavy (non-hydrogen) atoms. The molecule has 0 radical (unpaired) electrons. The van der Waals surface area contributed by atoms with Crippen LogP contribution in [-0.4, -0.2) is 19.1 Å². The van der Waals surface area contributed by atoms with E-state index in [4.69, 9.17) is 9.97 Å². The van der Waals surface area contributed by atoms with Gasteiger partial charge in [-0.3, -0.25) is 0 Å². The van der Waals surface area contributed by atoms with E-state index in [-0.39, 0.29) is 0 Å². The second-order valence-electron chi connectivity index (χ2n) is 12.6. The largest absolute Gasteiger partial charge is 0.307 e. The molecule has 3 heterocycles. The van der Waals surface area contributed by atoms with Crippen molar-refractivity contribution < 1.29 is 0 Å². The van der Waals surface area contributed by atoms with Crippen molar-refractivity contribution in [3.63, 3.8) is 0 Å². The SMILES string of the molecule is c1ccc(-c2cc(-c3ccccc3)nc(-c3ccc4c(c3)c3ccc5c6ccccc6n(-c6ccccc6)c5c3n4-c3ccccc3)n2)cc1. The number of rotatable bonds is 5. The molecule has 0 aliphatic rings. The minimum Gasteiger partial charge on any atom is -0.307 e. The first kappa shape index (κ1) is 28.3. The van der Waals surface area contributed by atoms with Crippen LogP contribution in [0.25, 0.3) is 88.9 Å². The van der Waals surface area contributed by atoms with E-state index < -0.39 is 0 Å². The molecule has 234 valence electrons. The highest BCUT2D eigenvalue weighted by Gasteiger charge is 2.22. The molecule has 0 bridgehead atoms. The standard InChI is InChI=1S/C46H30N4/c1-5-15-31(16-6-1)40-30-41(32-17-7-2-8-18-32)48-46(47-40)33-25-28-43-39(29-33)38-27-26-37-36-23-13-14-24-42(36)49(34-19-9-3-10-20-34)44(37)45(38)50(43)35-21-11-4-12-22-35/h1-30H. The average Bonchev–Trinajstić information content (AvgIpc) is 3.72. The van der Waals surface area contributed by atoms with Gasteiger partial charge in [0.15, 0.2) is 5.82 Å². The maximum absolute atomic E-state index is 5.16. The molecule has 0 atom stereocenters. The summed E-state index contributed by atoms with van der Waals surface area (Å²) in [5.74, 6) is 0.701. The van der Waals surface area contributed by atoms with Crippen molar-refractivity contribution in [2.75, 3.05) is 0 Å². The average molecular weight is 639 g/mol. The lowest BCUT2D eigenvalue weighted by Gasteiger charge is -2.12. The van der Waals surface area contributed by atoms with Crippen LogP contribution in [-0.2, 0) is 0 Å². The third kappa shape index (κ3) is 4.46. The zero-order chi connectivity index (χ0) is 33.0.